The van der Waals surface area contributed by atoms with Crippen LogP contribution in [0.2, 0.25) is 0 Å². The van der Waals surface area contributed by atoms with Gasteiger partial charge in [-0.25, -0.2) is 8.42 Å². The lowest BCUT2D eigenvalue weighted by Crippen LogP contribution is -2.40. The van der Waals surface area contributed by atoms with Crippen molar-refractivity contribution in [2.24, 2.45) is 0 Å². The highest BCUT2D eigenvalue weighted by Crippen LogP contribution is 2.27. The van der Waals surface area contributed by atoms with Gasteiger partial charge in [-0.3, -0.25) is 4.79 Å². The van der Waals surface area contributed by atoms with Gasteiger partial charge in [-0.1, -0.05) is 37.6 Å². The molecule has 7 heteroatoms. The third-order valence-corrected chi connectivity index (χ3v) is 7.02. The molecule has 0 bridgehead atoms. The maximum Gasteiger partial charge on any atom is 0.258 e. The second-order valence-corrected chi connectivity index (χ2v) is 9.77. The number of benzene rings is 2. The zero-order valence-corrected chi connectivity index (χ0v) is 18.4. The van der Waals surface area contributed by atoms with Gasteiger partial charge in [0, 0.05) is 12.6 Å². The molecule has 1 fully saturated rings. The van der Waals surface area contributed by atoms with Crippen molar-refractivity contribution in [3.8, 4) is 11.5 Å². The van der Waals surface area contributed by atoms with E-state index in [1.165, 1.54) is 0 Å². The lowest BCUT2D eigenvalue weighted by Gasteiger charge is -2.29. The molecule has 0 N–H and O–H groups in total. The third-order valence-electron chi connectivity index (χ3n) is 5.27. The van der Waals surface area contributed by atoms with E-state index >= 15 is 0 Å². The van der Waals surface area contributed by atoms with Crippen molar-refractivity contribution in [1.29, 1.82) is 0 Å². The summed E-state index contributed by atoms with van der Waals surface area (Å²) in [5, 5.41) is 0. The van der Waals surface area contributed by atoms with E-state index in [9.17, 15) is 13.2 Å². The predicted molar refractivity (Wildman–Crippen MR) is 117 cm³/mol. The molecule has 1 aliphatic heterocycles. The Labute approximate surface area is 178 Å². The van der Waals surface area contributed by atoms with Crippen molar-refractivity contribution in [3.05, 3.63) is 59.7 Å². The van der Waals surface area contributed by atoms with E-state index in [1.807, 2.05) is 30.3 Å². The van der Waals surface area contributed by atoms with Gasteiger partial charge in [-0.05, 0) is 42.7 Å². The number of ether oxygens (including phenoxy) is 2. The average Bonchev–Trinajstić information content (AvgIpc) is 3.11. The van der Waals surface area contributed by atoms with Crippen LogP contribution in [-0.4, -0.2) is 50.5 Å². The van der Waals surface area contributed by atoms with Gasteiger partial charge >= 0.3 is 0 Å². The van der Waals surface area contributed by atoms with Crippen molar-refractivity contribution in [2.75, 3.05) is 25.2 Å². The zero-order chi connectivity index (χ0) is 21.6. The summed E-state index contributed by atoms with van der Waals surface area (Å²) < 4.78 is 35.4. The largest absolute Gasteiger partial charge is 0.497 e. The van der Waals surface area contributed by atoms with Crippen molar-refractivity contribution in [3.63, 3.8) is 0 Å². The Morgan fingerprint density at radius 3 is 2.67 bits per heavy atom. The van der Waals surface area contributed by atoms with Crippen LogP contribution in [-0.2, 0) is 16.4 Å². The number of nitrogens with zero attached hydrogens (tertiary/aromatic N) is 1. The van der Waals surface area contributed by atoms with E-state index in [4.69, 9.17) is 9.47 Å². The molecule has 1 aliphatic rings. The van der Waals surface area contributed by atoms with Crippen molar-refractivity contribution >= 4 is 15.7 Å². The van der Waals surface area contributed by atoms with E-state index in [1.54, 1.807) is 30.2 Å². The van der Waals surface area contributed by atoms with Crippen molar-refractivity contribution < 1.29 is 22.7 Å². The average molecular weight is 432 g/mol. The molecule has 162 valence electrons. The second-order valence-electron chi connectivity index (χ2n) is 7.54. The summed E-state index contributed by atoms with van der Waals surface area (Å²) in [5.74, 6) is 1.11. The number of methoxy groups -OCH3 is 1. The summed E-state index contributed by atoms with van der Waals surface area (Å²) in [6, 6.07) is 14.3. The number of carbonyl (C=O) groups excluding carboxylic acids is 1. The standard InChI is InChI=1S/C23H29NO5S/c1-3-4-13-29-22-11-6-5-10-21(22)23(25)24(19-12-14-30(26,27)17-19)16-18-8-7-9-20(15-18)28-2/h5-11,15,19H,3-4,12-14,16-17H2,1-2H3. The summed E-state index contributed by atoms with van der Waals surface area (Å²) in [6.45, 7) is 2.92. The van der Waals surface area contributed by atoms with E-state index in [2.05, 4.69) is 6.92 Å². The summed E-state index contributed by atoms with van der Waals surface area (Å²) in [6.07, 6.45) is 2.34. The van der Waals surface area contributed by atoms with Gasteiger partial charge in [-0.15, -0.1) is 0 Å². The first-order valence-electron chi connectivity index (χ1n) is 10.3. The SMILES string of the molecule is CCCCOc1ccccc1C(=O)N(Cc1cccc(OC)c1)C1CCS(=O)(=O)C1. The number of carbonyl (C=O) groups is 1. The van der Waals surface area contributed by atoms with E-state index in [0.717, 1.165) is 18.4 Å². The van der Waals surface area contributed by atoms with Crippen LogP contribution in [0, 0.1) is 0 Å². The fourth-order valence-electron chi connectivity index (χ4n) is 3.61. The van der Waals surface area contributed by atoms with Crippen LogP contribution in [0.3, 0.4) is 0 Å². The summed E-state index contributed by atoms with van der Waals surface area (Å²) in [7, 11) is -1.55. The highest BCUT2D eigenvalue weighted by atomic mass is 32.2. The molecular weight excluding hydrogens is 402 g/mol. The first-order chi connectivity index (χ1) is 14.4. The lowest BCUT2D eigenvalue weighted by atomic mass is 10.1. The second kappa shape index (κ2) is 9.98. The Morgan fingerprint density at radius 1 is 1.17 bits per heavy atom. The Hall–Kier alpha value is -2.54. The lowest BCUT2D eigenvalue weighted by molar-refractivity contribution is 0.0676. The highest BCUT2D eigenvalue weighted by Gasteiger charge is 2.35. The number of para-hydroxylation sites is 1. The summed E-state index contributed by atoms with van der Waals surface area (Å²) >= 11 is 0. The van der Waals surface area contributed by atoms with E-state index in [0.29, 0.717) is 36.6 Å². The van der Waals surface area contributed by atoms with Crippen LogP contribution in [0.4, 0.5) is 0 Å². The molecule has 2 aromatic rings. The van der Waals surface area contributed by atoms with Crippen LogP contribution in [0.15, 0.2) is 48.5 Å². The number of unbranched alkanes of at least 4 members (excludes halogenated alkanes) is 1. The molecule has 3 rings (SSSR count). The first kappa shape index (κ1) is 22.2. The molecule has 0 radical (unpaired) electrons. The minimum Gasteiger partial charge on any atom is -0.497 e. The number of amides is 1. The number of sulfone groups is 1. The van der Waals surface area contributed by atoms with E-state index in [-0.39, 0.29) is 23.5 Å². The number of rotatable bonds is 9. The zero-order valence-electron chi connectivity index (χ0n) is 17.5. The molecule has 1 heterocycles. The van der Waals surface area contributed by atoms with Gasteiger partial charge in [0.05, 0.1) is 30.8 Å². The normalized spacial score (nSPS) is 17.5. The minimum absolute atomic E-state index is 0.0123. The quantitative estimate of drug-likeness (QED) is 0.566. The van der Waals surface area contributed by atoms with Crippen LogP contribution >= 0.6 is 0 Å². The molecule has 1 unspecified atom stereocenters. The molecule has 1 saturated heterocycles. The Bertz CT molecular complexity index is 973. The molecular formula is C23H29NO5S. The molecule has 2 aromatic carbocycles. The van der Waals surface area contributed by atoms with Gasteiger partial charge in [0.25, 0.3) is 5.91 Å². The molecule has 1 amide bonds. The topological polar surface area (TPSA) is 72.9 Å². The summed E-state index contributed by atoms with van der Waals surface area (Å²) in [5.41, 5.74) is 1.34. The fourth-order valence-corrected chi connectivity index (χ4v) is 5.34. The third kappa shape index (κ3) is 5.53. The van der Waals surface area contributed by atoms with Gasteiger partial charge in [0.1, 0.15) is 11.5 Å². The van der Waals surface area contributed by atoms with Crippen LogP contribution < -0.4 is 9.47 Å². The van der Waals surface area contributed by atoms with Crippen LogP contribution in [0.5, 0.6) is 11.5 Å². The molecule has 0 aromatic heterocycles. The number of hydrogen-bond donors (Lipinski definition) is 0. The molecule has 0 aliphatic carbocycles. The predicted octanol–water partition coefficient (Wildman–Crippen LogP) is 3.70. The van der Waals surface area contributed by atoms with Crippen molar-refractivity contribution in [1.82, 2.24) is 4.90 Å². The monoisotopic (exact) mass is 431 g/mol. The minimum atomic E-state index is -3.14. The van der Waals surface area contributed by atoms with Gasteiger partial charge in [0.15, 0.2) is 9.84 Å². The van der Waals surface area contributed by atoms with Crippen molar-refractivity contribution in [2.45, 2.75) is 38.8 Å². The van der Waals surface area contributed by atoms with Gasteiger partial charge in [-0.2, -0.15) is 0 Å². The molecule has 1 atom stereocenters. The maximum absolute atomic E-state index is 13.6. The Kier molecular flexibility index (Phi) is 7.37. The highest BCUT2D eigenvalue weighted by molar-refractivity contribution is 7.91. The molecule has 6 nitrogen and oxygen atoms in total. The first-order valence-corrected chi connectivity index (χ1v) is 12.1. The van der Waals surface area contributed by atoms with Gasteiger partial charge < -0.3 is 14.4 Å². The smallest absolute Gasteiger partial charge is 0.258 e. The molecule has 0 spiro atoms. The van der Waals surface area contributed by atoms with Gasteiger partial charge in [0.2, 0.25) is 0 Å². The number of hydrogen-bond acceptors (Lipinski definition) is 5. The van der Waals surface area contributed by atoms with Crippen LogP contribution in [0.25, 0.3) is 0 Å². The molecule has 30 heavy (non-hydrogen) atoms. The summed E-state index contributed by atoms with van der Waals surface area (Å²) in [4.78, 5) is 15.2. The maximum atomic E-state index is 13.6. The Morgan fingerprint density at radius 2 is 1.97 bits per heavy atom. The fraction of sp³-hybridized carbons (Fsp3) is 0.435. The van der Waals surface area contributed by atoms with Crippen LogP contribution in [0.1, 0.15) is 42.1 Å². The van der Waals surface area contributed by atoms with E-state index < -0.39 is 9.84 Å². The molecule has 0 saturated carbocycles. The Balaban J connectivity index is 1.91.